The Morgan fingerprint density at radius 3 is 1.81 bits per heavy atom. The minimum atomic E-state index is -4.20. The lowest BCUT2D eigenvalue weighted by molar-refractivity contribution is -0.141. The fourth-order valence-corrected chi connectivity index (χ4v) is 6.24. The Balaban J connectivity index is 1.77. The van der Waals surface area contributed by atoms with Crippen molar-refractivity contribution < 1.29 is 61.5 Å². The van der Waals surface area contributed by atoms with Gasteiger partial charge in [-0.15, -0.1) is 0 Å². The Morgan fingerprint density at radius 1 is 0.654 bits per heavy atom. The summed E-state index contributed by atoms with van der Waals surface area (Å²) in [5.41, 5.74) is 2.43. The zero-order valence-corrected chi connectivity index (χ0v) is 31.2. The molecule has 278 valence electrons. The highest BCUT2D eigenvalue weighted by Crippen LogP contribution is 2.52. The molecule has 0 atom stereocenters. The third-order valence-corrected chi connectivity index (χ3v) is 8.32. The van der Waals surface area contributed by atoms with E-state index in [0.717, 1.165) is 18.8 Å². The number of carbonyl (C=O) groups is 1. The highest BCUT2D eigenvalue weighted by atomic mass is 32.2. The van der Waals surface area contributed by atoms with E-state index in [1.165, 1.54) is 62.8 Å². The van der Waals surface area contributed by atoms with Gasteiger partial charge in [0.15, 0.2) is 23.0 Å². The Kier molecular flexibility index (Phi) is 12.5. The van der Waals surface area contributed by atoms with Gasteiger partial charge in [-0.05, 0) is 52.6 Å². The van der Waals surface area contributed by atoms with Crippen LogP contribution < -0.4 is 26.8 Å². The van der Waals surface area contributed by atoms with Gasteiger partial charge in [0, 0.05) is 5.56 Å². The summed E-state index contributed by atoms with van der Waals surface area (Å²) in [5, 5.41) is 0. The predicted octanol–water partition coefficient (Wildman–Crippen LogP) is 4.90. The topological polar surface area (TPSA) is 184 Å². The SMILES string of the molecule is C=CCOC(=O)Cc1ccc(COc2ccc(-c3c(OC)cc(-c4ccc(OS(C)(=O)=O)cc4)c(OC)c3OS(C)(=O)=O)cc2OS(C)(=O)=O)cc1. The first kappa shape index (κ1) is 39.5. The van der Waals surface area contributed by atoms with Gasteiger partial charge in [0.2, 0.25) is 0 Å². The van der Waals surface area contributed by atoms with Crippen LogP contribution in [0.2, 0.25) is 0 Å². The molecule has 0 bridgehead atoms. The molecule has 17 heteroatoms. The zero-order chi connectivity index (χ0) is 38.3. The van der Waals surface area contributed by atoms with Crippen molar-refractivity contribution in [2.24, 2.45) is 0 Å². The van der Waals surface area contributed by atoms with Crippen molar-refractivity contribution in [1.82, 2.24) is 0 Å². The molecule has 0 amide bonds. The molecule has 14 nitrogen and oxygen atoms in total. The van der Waals surface area contributed by atoms with Gasteiger partial charge >= 0.3 is 36.3 Å². The van der Waals surface area contributed by atoms with E-state index in [0.29, 0.717) is 22.3 Å². The van der Waals surface area contributed by atoms with Crippen molar-refractivity contribution in [3.05, 3.63) is 96.6 Å². The van der Waals surface area contributed by atoms with E-state index in [9.17, 15) is 30.0 Å². The molecule has 0 N–H and O–H groups in total. The highest BCUT2D eigenvalue weighted by Gasteiger charge is 2.27. The molecule has 0 saturated carbocycles. The molecule has 0 heterocycles. The number of carbonyl (C=O) groups excluding carboxylic acids is 1. The lowest BCUT2D eigenvalue weighted by atomic mass is 9.96. The van der Waals surface area contributed by atoms with Gasteiger partial charge in [0.05, 0.1) is 45.0 Å². The molecular formula is C35H36O14S3. The van der Waals surface area contributed by atoms with Crippen LogP contribution in [0.15, 0.2) is 85.5 Å². The molecule has 0 unspecified atom stereocenters. The fraction of sp³-hybridized carbons (Fsp3) is 0.229. The number of methoxy groups -OCH3 is 2. The molecular weight excluding hydrogens is 741 g/mol. The molecule has 0 fully saturated rings. The molecule has 4 aromatic carbocycles. The third kappa shape index (κ3) is 11.1. The number of ether oxygens (including phenoxy) is 4. The number of esters is 1. The van der Waals surface area contributed by atoms with E-state index in [2.05, 4.69) is 6.58 Å². The van der Waals surface area contributed by atoms with Crippen molar-refractivity contribution in [2.45, 2.75) is 13.0 Å². The molecule has 4 rings (SSSR count). The number of hydrogen-bond donors (Lipinski definition) is 0. The van der Waals surface area contributed by atoms with Crippen LogP contribution in [0.4, 0.5) is 0 Å². The van der Waals surface area contributed by atoms with Crippen LogP contribution >= 0.6 is 0 Å². The predicted molar refractivity (Wildman–Crippen MR) is 192 cm³/mol. The molecule has 0 aliphatic heterocycles. The Hall–Kier alpha value is -5.26. The second kappa shape index (κ2) is 16.4. The molecule has 4 aromatic rings. The number of hydrogen-bond acceptors (Lipinski definition) is 14. The lowest BCUT2D eigenvalue weighted by Gasteiger charge is -2.21. The minimum absolute atomic E-state index is 0.0110. The Bertz CT molecular complexity index is 2260. The van der Waals surface area contributed by atoms with E-state index < -0.39 is 36.3 Å². The average molecular weight is 777 g/mol. The van der Waals surface area contributed by atoms with E-state index in [1.807, 2.05) is 0 Å². The van der Waals surface area contributed by atoms with Gasteiger partial charge in [-0.1, -0.05) is 55.1 Å². The summed E-state index contributed by atoms with van der Waals surface area (Å²) in [5.74, 6) is -0.783. The minimum Gasteiger partial charge on any atom is -0.496 e. The summed E-state index contributed by atoms with van der Waals surface area (Å²) in [4.78, 5) is 11.9. The van der Waals surface area contributed by atoms with Crippen molar-refractivity contribution in [3.63, 3.8) is 0 Å². The first-order valence-corrected chi connectivity index (χ1v) is 20.5. The third-order valence-electron chi connectivity index (χ3n) is 6.87. The van der Waals surface area contributed by atoms with Crippen molar-refractivity contribution in [1.29, 1.82) is 0 Å². The maximum atomic E-state index is 12.6. The molecule has 0 spiro atoms. The van der Waals surface area contributed by atoms with Crippen molar-refractivity contribution in [2.75, 3.05) is 39.6 Å². The maximum absolute atomic E-state index is 12.6. The second-order valence-electron chi connectivity index (χ2n) is 11.2. The molecule has 52 heavy (non-hydrogen) atoms. The zero-order valence-electron chi connectivity index (χ0n) is 28.8. The van der Waals surface area contributed by atoms with Gasteiger partial charge in [-0.25, -0.2) is 0 Å². The molecule has 0 radical (unpaired) electrons. The lowest BCUT2D eigenvalue weighted by Crippen LogP contribution is -2.10. The van der Waals surface area contributed by atoms with Crippen LogP contribution in [0.3, 0.4) is 0 Å². The summed E-state index contributed by atoms with van der Waals surface area (Å²) < 4.78 is 111. The number of benzene rings is 4. The fourth-order valence-electron chi connectivity index (χ4n) is 4.86. The van der Waals surface area contributed by atoms with Gasteiger partial charge in [-0.2, -0.15) is 25.3 Å². The van der Waals surface area contributed by atoms with Gasteiger partial charge in [-0.3, -0.25) is 4.79 Å². The van der Waals surface area contributed by atoms with Gasteiger partial charge < -0.3 is 31.5 Å². The summed E-state index contributed by atoms with van der Waals surface area (Å²) >= 11 is 0. The first-order chi connectivity index (χ1) is 24.4. The highest BCUT2D eigenvalue weighted by molar-refractivity contribution is 7.86. The summed E-state index contributed by atoms with van der Waals surface area (Å²) in [6.45, 7) is 3.61. The Morgan fingerprint density at radius 2 is 1.25 bits per heavy atom. The van der Waals surface area contributed by atoms with Gasteiger partial charge in [0.1, 0.15) is 24.7 Å². The quantitative estimate of drug-likeness (QED) is 0.0801. The summed E-state index contributed by atoms with van der Waals surface area (Å²) in [7, 11) is -9.45. The Labute approximate surface area is 302 Å². The van der Waals surface area contributed by atoms with Gasteiger partial charge in [0.25, 0.3) is 0 Å². The van der Waals surface area contributed by atoms with Crippen LogP contribution in [0.25, 0.3) is 22.3 Å². The van der Waals surface area contributed by atoms with Crippen LogP contribution in [-0.4, -0.2) is 70.8 Å². The van der Waals surface area contributed by atoms with Crippen LogP contribution in [0.1, 0.15) is 11.1 Å². The maximum Gasteiger partial charge on any atom is 0.310 e. The second-order valence-corrected chi connectivity index (χ2v) is 15.9. The van der Waals surface area contributed by atoms with Crippen LogP contribution in [0.5, 0.6) is 34.5 Å². The van der Waals surface area contributed by atoms with Crippen molar-refractivity contribution >= 4 is 36.3 Å². The number of rotatable bonds is 17. The summed E-state index contributed by atoms with van der Waals surface area (Å²) in [6, 6.07) is 18.6. The van der Waals surface area contributed by atoms with E-state index in [-0.39, 0.29) is 65.3 Å². The first-order valence-electron chi connectivity index (χ1n) is 15.1. The van der Waals surface area contributed by atoms with E-state index in [4.69, 9.17) is 31.5 Å². The molecule has 0 aliphatic carbocycles. The van der Waals surface area contributed by atoms with E-state index >= 15 is 0 Å². The van der Waals surface area contributed by atoms with Crippen LogP contribution in [-0.2, 0) is 52.9 Å². The molecule has 0 aromatic heterocycles. The average Bonchev–Trinajstić information content (AvgIpc) is 3.05. The standard InChI is InChI=1S/C35H36O14S3/c1-7-18-45-32(36)19-23-8-10-24(11-9-23)22-46-29-17-14-26(20-30(29)48-51(5,39)40)33-31(43-2)21-28(34(44-3)35(33)49-52(6,41)42)25-12-15-27(16-13-25)47-50(4,37)38/h7-17,20-21H,1,18-19,22H2,2-6H3. The molecule has 0 saturated heterocycles. The molecule has 0 aliphatic rings. The smallest absolute Gasteiger partial charge is 0.310 e. The van der Waals surface area contributed by atoms with E-state index in [1.54, 1.807) is 30.3 Å². The normalized spacial score (nSPS) is 11.6. The van der Waals surface area contributed by atoms with Crippen molar-refractivity contribution in [3.8, 4) is 56.8 Å². The monoisotopic (exact) mass is 776 g/mol. The van der Waals surface area contributed by atoms with Crippen LogP contribution in [0, 0.1) is 0 Å². The largest absolute Gasteiger partial charge is 0.496 e. The summed E-state index contributed by atoms with van der Waals surface area (Å²) in [6.07, 6.45) is 4.13.